The quantitative estimate of drug-likeness (QED) is 0.799. The number of aromatic hydroxyl groups is 1. The molecule has 1 aromatic carbocycles. The highest BCUT2D eigenvalue weighted by atomic mass is 16.5. The molecule has 0 atom stereocenters. The van der Waals surface area contributed by atoms with Gasteiger partial charge in [-0.3, -0.25) is 9.59 Å². The van der Waals surface area contributed by atoms with Gasteiger partial charge in [-0.2, -0.15) is 0 Å². The largest absolute Gasteiger partial charge is 0.508 e. The Hall–Kier alpha value is -2.30. The van der Waals surface area contributed by atoms with Crippen LogP contribution < -0.4 is 10.2 Å². The summed E-state index contributed by atoms with van der Waals surface area (Å²) in [6.45, 7) is 1.51. The number of rotatable bonds is 2. The van der Waals surface area contributed by atoms with Crippen molar-refractivity contribution in [3.63, 3.8) is 0 Å². The summed E-state index contributed by atoms with van der Waals surface area (Å²) in [4.78, 5) is 22.8. The van der Waals surface area contributed by atoms with Crippen LogP contribution >= 0.6 is 0 Å². The molecule has 2 aromatic rings. The van der Waals surface area contributed by atoms with E-state index < -0.39 is 5.43 Å². The van der Waals surface area contributed by atoms with Gasteiger partial charge in [-0.15, -0.1) is 0 Å². The Bertz CT molecular complexity index is 654. The van der Waals surface area contributed by atoms with Crippen LogP contribution in [0, 0.1) is 6.92 Å². The van der Waals surface area contributed by atoms with Crippen molar-refractivity contribution in [2.45, 2.75) is 6.92 Å². The number of fused-ring (bicyclic) bond motifs is 1. The Morgan fingerprint density at radius 1 is 1.41 bits per heavy atom. The zero-order chi connectivity index (χ0) is 12.6. The maximum absolute atomic E-state index is 12.0. The SMILES string of the molecule is COc1cc(O)cc2oc(C)c(C=O)c(=O)c12. The molecule has 0 bridgehead atoms. The van der Waals surface area contributed by atoms with Crippen molar-refractivity contribution in [1.82, 2.24) is 0 Å². The third-order valence-electron chi connectivity index (χ3n) is 2.50. The van der Waals surface area contributed by atoms with E-state index in [1.54, 1.807) is 0 Å². The predicted molar refractivity (Wildman–Crippen MR) is 60.8 cm³/mol. The van der Waals surface area contributed by atoms with Crippen molar-refractivity contribution in [3.05, 3.63) is 33.7 Å². The molecular formula is C12H10O5. The Morgan fingerprint density at radius 2 is 2.12 bits per heavy atom. The molecule has 1 heterocycles. The van der Waals surface area contributed by atoms with Crippen LogP contribution in [0.15, 0.2) is 21.3 Å². The molecule has 17 heavy (non-hydrogen) atoms. The smallest absolute Gasteiger partial charge is 0.207 e. The number of carbonyl (C=O) groups excluding carboxylic acids is 1. The lowest BCUT2D eigenvalue weighted by atomic mass is 10.1. The first-order valence-electron chi connectivity index (χ1n) is 4.88. The van der Waals surface area contributed by atoms with Crippen LogP contribution in [-0.4, -0.2) is 18.5 Å². The van der Waals surface area contributed by atoms with Gasteiger partial charge < -0.3 is 14.3 Å². The number of ether oxygens (including phenoxy) is 1. The van der Waals surface area contributed by atoms with E-state index in [0.29, 0.717) is 6.29 Å². The van der Waals surface area contributed by atoms with E-state index in [1.165, 1.54) is 26.2 Å². The number of aryl methyl sites for hydroxylation is 1. The molecule has 88 valence electrons. The van der Waals surface area contributed by atoms with Gasteiger partial charge in [0.05, 0.1) is 7.11 Å². The van der Waals surface area contributed by atoms with Crippen molar-refractivity contribution in [2.24, 2.45) is 0 Å². The number of phenols is 1. The first kappa shape index (κ1) is 11.2. The van der Waals surface area contributed by atoms with Gasteiger partial charge in [0.15, 0.2) is 6.29 Å². The molecule has 0 aliphatic carbocycles. The third kappa shape index (κ3) is 1.65. The molecule has 1 aromatic heterocycles. The number of aldehydes is 1. The summed E-state index contributed by atoms with van der Waals surface area (Å²) < 4.78 is 10.3. The molecule has 0 saturated carbocycles. The first-order chi connectivity index (χ1) is 8.08. The maximum Gasteiger partial charge on any atom is 0.207 e. The normalized spacial score (nSPS) is 10.5. The molecule has 5 nitrogen and oxygen atoms in total. The minimum absolute atomic E-state index is 0.0403. The van der Waals surface area contributed by atoms with Gasteiger partial charge in [-0.05, 0) is 6.92 Å². The van der Waals surface area contributed by atoms with Gasteiger partial charge in [0, 0.05) is 12.1 Å². The summed E-state index contributed by atoms with van der Waals surface area (Å²) in [7, 11) is 1.37. The molecule has 0 radical (unpaired) electrons. The van der Waals surface area contributed by atoms with Crippen LogP contribution in [0.4, 0.5) is 0 Å². The average molecular weight is 234 g/mol. The first-order valence-corrected chi connectivity index (χ1v) is 4.88. The van der Waals surface area contributed by atoms with Gasteiger partial charge in [-0.25, -0.2) is 0 Å². The minimum Gasteiger partial charge on any atom is -0.508 e. The van der Waals surface area contributed by atoms with Crippen LogP contribution in [0.3, 0.4) is 0 Å². The number of benzene rings is 1. The number of methoxy groups -OCH3 is 1. The molecule has 5 heteroatoms. The number of hydrogen-bond donors (Lipinski definition) is 1. The van der Waals surface area contributed by atoms with Crippen LogP contribution in [0.25, 0.3) is 11.0 Å². The Labute approximate surface area is 96.2 Å². The lowest BCUT2D eigenvalue weighted by Crippen LogP contribution is -2.11. The van der Waals surface area contributed by atoms with Crippen LogP contribution in [0.5, 0.6) is 11.5 Å². The van der Waals surface area contributed by atoms with Crippen molar-refractivity contribution in [1.29, 1.82) is 0 Å². The van der Waals surface area contributed by atoms with Crippen molar-refractivity contribution < 1.29 is 19.1 Å². The van der Waals surface area contributed by atoms with Crippen LogP contribution in [0.1, 0.15) is 16.1 Å². The fourth-order valence-electron chi connectivity index (χ4n) is 1.69. The number of phenolic OH excluding ortho intramolecular Hbond substituents is 1. The highest BCUT2D eigenvalue weighted by molar-refractivity contribution is 5.90. The summed E-state index contributed by atoms with van der Waals surface area (Å²) in [6.07, 6.45) is 0.451. The van der Waals surface area contributed by atoms with Crippen molar-refractivity contribution >= 4 is 17.3 Å². The standard InChI is InChI=1S/C12H10O5/c1-6-8(5-13)12(15)11-9(16-2)3-7(14)4-10(11)17-6/h3-5,14H,1-2H3. The van der Waals surface area contributed by atoms with Gasteiger partial charge >= 0.3 is 0 Å². The lowest BCUT2D eigenvalue weighted by molar-refractivity contribution is 0.112. The van der Waals surface area contributed by atoms with Crippen LogP contribution in [-0.2, 0) is 0 Å². The van der Waals surface area contributed by atoms with Gasteiger partial charge in [0.1, 0.15) is 33.8 Å². The highest BCUT2D eigenvalue weighted by Crippen LogP contribution is 2.29. The molecule has 1 N–H and O–H groups in total. The van der Waals surface area contributed by atoms with E-state index in [1.807, 2.05) is 0 Å². The monoisotopic (exact) mass is 234 g/mol. The van der Waals surface area contributed by atoms with E-state index in [9.17, 15) is 14.7 Å². The van der Waals surface area contributed by atoms with Gasteiger partial charge in [-0.1, -0.05) is 0 Å². The lowest BCUT2D eigenvalue weighted by Gasteiger charge is -2.07. The maximum atomic E-state index is 12.0. The average Bonchev–Trinajstić information content (AvgIpc) is 2.27. The summed E-state index contributed by atoms with van der Waals surface area (Å²) >= 11 is 0. The fraction of sp³-hybridized carbons (Fsp3) is 0.167. The molecule has 0 aliphatic heterocycles. The second-order valence-corrected chi connectivity index (χ2v) is 3.54. The number of carbonyl (C=O) groups is 1. The molecule has 0 aliphatic rings. The van der Waals surface area contributed by atoms with E-state index in [2.05, 4.69) is 0 Å². The van der Waals surface area contributed by atoms with Crippen molar-refractivity contribution in [3.8, 4) is 11.5 Å². The van der Waals surface area contributed by atoms with E-state index in [0.717, 1.165) is 0 Å². The molecule has 0 fully saturated rings. The van der Waals surface area contributed by atoms with Gasteiger partial charge in [0.2, 0.25) is 5.43 Å². The summed E-state index contributed by atoms with van der Waals surface area (Å²) in [6, 6.07) is 2.60. The topological polar surface area (TPSA) is 76.7 Å². The summed E-state index contributed by atoms with van der Waals surface area (Å²) in [5, 5.41) is 9.59. The summed E-state index contributed by atoms with van der Waals surface area (Å²) in [5.74, 6) is 0.317. The zero-order valence-corrected chi connectivity index (χ0v) is 9.31. The predicted octanol–water partition coefficient (Wildman–Crippen LogP) is 1.63. The molecule has 0 unspecified atom stereocenters. The Kier molecular flexibility index (Phi) is 2.59. The highest BCUT2D eigenvalue weighted by Gasteiger charge is 2.15. The fourth-order valence-corrected chi connectivity index (χ4v) is 1.69. The Balaban J connectivity index is 3.02. The van der Waals surface area contributed by atoms with Gasteiger partial charge in [0.25, 0.3) is 0 Å². The molecule has 0 amide bonds. The van der Waals surface area contributed by atoms with E-state index >= 15 is 0 Å². The zero-order valence-electron chi connectivity index (χ0n) is 9.31. The minimum atomic E-state index is -0.462. The Morgan fingerprint density at radius 3 is 2.71 bits per heavy atom. The van der Waals surface area contributed by atoms with E-state index in [4.69, 9.17) is 9.15 Å². The number of hydrogen-bond acceptors (Lipinski definition) is 5. The molecular weight excluding hydrogens is 224 g/mol. The second kappa shape index (κ2) is 3.93. The van der Waals surface area contributed by atoms with Crippen molar-refractivity contribution in [2.75, 3.05) is 7.11 Å². The molecule has 2 rings (SSSR count). The third-order valence-corrected chi connectivity index (χ3v) is 2.50. The molecule has 0 spiro atoms. The molecule has 0 saturated heterocycles. The van der Waals surface area contributed by atoms with E-state index in [-0.39, 0.29) is 33.8 Å². The van der Waals surface area contributed by atoms with Crippen LogP contribution in [0.2, 0.25) is 0 Å². The second-order valence-electron chi connectivity index (χ2n) is 3.54. The summed E-state index contributed by atoms with van der Waals surface area (Å²) in [5.41, 5.74) is -0.313.